The van der Waals surface area contributed by atoms with Gasteiger partial charge in [0.1, 0.15) is 11.8 Å². The molecule has 1 aromatic rings. The maximum absolute atomic E-state index is 11.3. The van der Waals surface area contributed by atoms with E-state index in [0.29, 0.717) is 29.7 Å². The van der Waals surface area contributed by atoms with Gasteiger partial charge < -0.3 is 5.73 Å². The third-order valence-electron chi connectivity index (χ3n) is 4.98. The van der Waals surface area contributed by atoms with Gasteiger partial charge in [0.25, 0.3) is 0 Å². The van der Waals surface area contributed by atoms with E-state index in [9.17, 15) is 10.1 Å². The molecule has 24 heavy (non-hydrogen) atoms. The number of hydrogen-bond acceptors (Lipinski definition) is 4. The first-order valence-electron chi connectivity index (χ1n) is 8.17. The van der Waals surface area contributed by atoms with E-state index in [1.165, 1.54) is 11.1 Å². The highest BCUT2D eigenvalue weighted by Gasteiger charge is 2.47. The standard InChI is InChI=1S/C19H20N4O/c1-3-12-4-6-13(7-5-12)14-8-15(14)16-9-17(11(2)19(21)24)22-23-18(16)10-20/h4-7,14-16H,2-3,8-9H2,1H3,(H2,21,24)/t14-,15?,16?/m1/s1. The molecule has 3 atom stereocenters. The predicted molar refractivity (Wildman–Crippen MR) is 93.6 cm³/mol. The monoisotopic (exact) mass is 320 g/mol. The molecular formula is C19H20N4O. The molecule has 5 heteroatoms. The number of aryl methyl sites for hydroxylation is 1. The molecule has 0 spiro atoms. The molecule has 2 aliphatic rings. The van der Waals surface area contributed by atoms with Gasteiger partial charge in [-0.1, -0.05) is 37.8 Å². The molecule has 5 nitrogen and oxygen atoms in total. The highest BCUT2D eigenvalue weighted by Crippen LogP contribution is 2.53. The second kappa shape index (κ2) is 6.40. The molecule has 0 saturated heterocycles. The molecule has 1 heterocycles. The summed E-state index contributed by atoms with van der Waals surface area (Å²) in [5.74, 6) is 0.169. The summed E-state index contributed by atoms with van der Waals surface area (Å²) >= 11 is 0. The van der Waals surface area contributed by atoms with Crippen molar-refractivity contribution in [3.63, 3.8) is 0 Å². The van der Waals surface area contributed by atoms with Crippen LogP contribution in [-0.2, 0) is 11.2 Å². The van der Waals surface area contributed by atoms with Crippen LogP contribution in [0.1, 0.15) is 36.8 Å². The summed E-state index contributed by atoms with van der Waals surface area (Å²) in [6.07, 6.45) is 2.55. The lowest BCUT2D eigenvalue weighted by Gasteiger charge is -2.19. The second-order valence-electron chi connectivity index (χ2n) is 6.40. The zero-order chi connectivity index (χ0) is 17.3. The molecule has 1 aliphatic carbocycles. The van der Waals surface area contributed by atoms with Gasteiger partial charge in [0.15, 0.2) is 0 Å². The molecule has 1 amide bonds. The van der Waals surface area contributed by atoms with E-state index in [0.717, 1.165) is 12.8 Å². The Kier molecular flexibility index (Phi) is 4.30. The van der Waals surface area contributed by atoms with Crippen molar-refractivity contribution in [3.8, 4) is 6.07 Å². The van der Waals surface area contributed by atoms with Crippen LogP contribution in [0.4, 0.5) is 0 Å². The van der Waals surface area contributed by atoms with Gasteiger partial charge in [-0.3, -0.25) is 4.79 Å². The normalized spacial score (nSPS) is 25.2. The van der Waals surface area contributed by atoms with Crippen molar-refractivity contribution in [3.05, 3.63) is 47.5 Å². The molecule has 0 bridgehead atoms. The summed E-state index contributed by atoms with van der Waals surface area (Å²) < 4.78 is 0. The van der Waals surface area contributed by atoms with Crippen molar-refractivity contribution in [2.24, 2.45) is 27.8 Å². The summed E-state index contributed by atoms with van der Waals surface area (Å²) in [5, 5.41) is 17.3. The van der Waals surface area contributed by atoms with Crippen molar-refractivity contribution >= 4 is 17.3 Å². The Balaban J connectivity index is 1.76. The van der Waals surface area contributed by atoms with E-state index in [-0.39, 0.29) is 11.5 Å². The Hall–Kier alpha value is -2.74. The molecule has 0 aromatic heterocycles. The number of nitriles is 1. The van der Waals surface area contributed by atoms with Crippen molar-refractivity contribution in [1.82, 2.24) is 0 Å². The fraction of sp³-hybridized carbons (Fsp3) is 0.368. The fourth-order valence-electron chi connectivity index (χ4n) is 3.36. The summed E-state index contributed by atoms with van der Waals surface area (Å²) in [7, 11) is 0. The SMILES string of the molecule is C=C(C(N)=O)C1=NN=C(C#N)C(C2C[C@@H]2c2ccc(CC)cc2)C1. The van der Waals surface area contributed by atoms with Crippen LogP contribution in [0, 0.1) is 23.2 Å². The molecular weight excluding hydrogens is 300 g/mol. The number of benzene rings is 1. The van der Waals surface area contributed by atoms with E-state index >= 15 is 0 Å². The van der Waals surface area contributed by atoms with Crippen LogP contribution in [0.5, 0.6) is 0 Å². The molecule has 1 fully saturated rings. The number of carbonyl (C=O) groups is 1. The summed E-state index contributed by atoms with van der Waals surface area (Å²) in [5.41, 5.74) is 9.02. The van der Waals surface area contributed by atoms with Gasteiger partial charge in [-0.2, -0.15) is 10.4 Å². The number of carbonyl (C=O) groups excluding carboxylic acids is 1. The van der Waals surface area contributed by atoms with Crippen molar-refractivity contribution < 1.29 is 4.79 Å². The summed E-state index contributed by atoms with van der Waals surface area (Å²) in [6, 6.07) is 10.8. The van der Waals surface area contributed by atoms with Gasteiger partial charge in [-0.15, -0.1) is 5.10 Å². The first-order valence-corrected chi connectivity index (χ1v) is 8.17. The zero-order valence-corrected chi connectivity index (χ0v) is 13.7. The van der Waals surface area contributed by atoms with Crippen LogP contribution in [0.3, 0.4) is 0 Å². The Morgan fingerprint density at radius 3 is 2.62 bits per heavy atom. The van der Waals surface area contributed by atoms with Crippen molar-refractivity contribution in [2.75, 3.05) is 0 Å². The van der Waals surface area contributed by atoms with Gasteiger partial charge in [0.05, 0.1) is 11.3 Å². The molecule has 122 valence electrons. The first-order chi connectivity index (χ1) is 11.5. The number of nitrogens with zero attached hydrogens (tertiary/aromatic N) is 3. The molecule has 1 aliphatic heterocycles. The van der Waals surface area contributed by atoms with Gasteiger partial charge in [-0.25, -0.2) is 0 Å². The highest BCUT2D eigenvalue weighted by molar-refractivity contribution is 6.22. The van der Waals surface area contributed by atoms with Crippen molar-refractivity contribution in [2.45, 2.75) is 32.1 Å². The van der Waals surface area contributed by atoms with Crippen LogP contribution in [-0.4, -0.2) is 17.3 Å². The lowest BCUT2D eigenvalue weighted by atomic mass is 9.87. The third-order valence-corrected chi connectivity index (χ3v) is 4.98. The van der Waals surface area contributed by atoms with Gasteiger partial charge in [0, 0.05) is 12.3 Å². The van der Waals surface area contributed by atoms with E-state index in [1.54, 1.807) is 0 Å². The minimum absolute atomic E-state index is 0.0190. The van der Waals surface area contributed by atoms with E-state index in [1.807, 2.05) is 0 Å². The molecule has 2 N–H and O–H groups in total. The number of primary amides is 1. The van der Waals surface area contributed by atoms with E-state index in [2.05, 4.69) is 54.0 Å². The van der Waals surface area contributed by atoms with Gasteiger partial charge in [0.2, 0.25) is 5.91 Å². The average Bonchev–Trinajstić information content (AvgIpc) is 3.41. The Labute approximate surface area is 141 Å². The van der Waals surface area contributed by atoms with Crippen molar-refractivity contribution in [1.29, 1.82) is 5.26 Å². The quantitative estimate of drug-likeness (QED) is 0.845. The summed E-state index contributed by atoms with van der Waals surface area (Å²) in [6.45, 7) is 5.82. The zero-order valence-electron chi connectivity index (χ0n) is 13.7. The first kappa shape index (κ1) is 16.1. The Morgan fingerprint density at radius 1 is 1.33 bits per heavy atom. The van der Waals surface area contributed by atoms with Gasteiger partial charge >= 0.3 is 0 Å². The molecule has 0 radical (unpaired) electrons. The van der Waals surface area contributed by atoms with E-state index < -0.39 is 5.91 Å². The molecule has 3 rings (SSSR count). The average molecular weight is 320 g/mol. The lowest BCUT2D eigenvalue weighted by Crippen LogP contribution is -2.28. The maximum Gasteiger partial charge on any atom is 0.250 e. The minimum Gasteiger partial charge on any atom is -0.366 e. The smallest absolute Gasteiger partial charge is 0.250 e. The van der Waals surface area contributed by atoms with Crippen LogP contribution in [0.15, 0.2) is 46.6 Å². The van der Waals surface area contributed by atoms with Crippen LogP contribution in [0.2, 0.25) is 0 Å². The van der Waals surface area contributed by atoms with Gasteiger partial charge in [-0.05, 0) is 35.8 Å². The lowest BCUT2D eigenvalue weighted by molar-refractivity contribution is -0.114. The van der Waals surface area contributed by atoms with Crippen LogP contribution >= 0.6 is 0 Å². The maximum atomic E-state index is 11.3. The number of rotatable bonds is 5. The topological polar surface area (TPSA) is 91.6 Å². The number of amides is 1. The number of hydrogen-bond donors (Lipinski definition) is 1. The number of nitrogens with two attached hydrogens (primary N) is 1. The molecule has 2 unspecified atom stereocenters. The second-order valence-corrected chi connectivity index (χ2v) is 6.40. The largest absolute Gasteiger partial charge is 0.366 e. The Bertz CT molecular complexity index is 783. The fourth-order valence-corrected chi connectivity index (χ4v) is 3.36. The molecule has 1 saturated carbocycles. The van der Waals surface area contributed by atoms with E-state index in [4.69, 9.17) is 5.73 Å². The van der Waals surface area contributed by atoms with Crippen LogP contribution in [0.25, 0.3) is 0 Å². The highest BCUT2D eigenvalue weighted by atomic mass is 16.1. The predicted octanol–water partition coefficient (Wildman–Crippen LogP) is 2.73. The third kappa shape index (κ3) is 3.00. The molecule has 1 aromatic carbocycles. The van der Waals surface area contributed by atoms with Crippen LogP contribution < -0.4 is 5.73 Å². The summed E-state index contributed by atoms with van der Waals surface area (Å²) in [4.78, 5) is 11.3. The minimum atomic E-state index is -0.592. The Morgan fingerprint density at radius 2 is 2.04 bits per heavy atom.